The zero-order valence-electron chi connectivity index (χ0n) is 11.1. The Morgan fingerprint density at radius 1 is 1.30 bits per heavy atom. The van der Waals surface area contributed by atoms with Gasteiger partial charge in [-0.15, -0.1) is 0 Å². The van der Waals surface area contributed by atoms with Gasteiger partial charge in [0, 0.05) is 12.0 Å². The predicted octanol–water partition coefficient (Wildman–Crippen LogP) is 2.44. The lowest BCUT2D eigenvalue weighted by atomic mass is 10.2. The molecule has 108 valence electrons. The molecule has 6 heteroatoms. The first-order chi connectivity index (χ1) is 9.56. The number of rotatable bonds is 8. The Hall–Kier alpha value is -1.88. The van der Waals surface area contributed by atoms with Crippen molar-refractivity contribution in [2.45, 2.75) is 19.8 Å². The number of carbonyl (C=O) groups excluding carboxylic acids is 3. The molecular weight excluding hydrogens is 284 g/mol. The van der Waals surface area contributed by atoms with Gasteiger partial charge in [-0.05, 0) is 25.1 Å². The molecule has 0 spiro atoms. The van der Waals surface area contributed by atoms with E-state index >= 15 is 0 Å². The molecule has 0 heterocycles. The number of ether oxygens (including phenoxy) is 2. The minimum atomic E-state index is -0.408. The van der Waals surface area contributed by atoms with Crippen molar-refractivity contribution in [3.8, 4) is 5.75 Å². The van der Waals surface area contributed by atoms with E-state index in [-0.39, 0.29) is 30.3 Å². The third kappa shape index (κ3) is 5.40. The van der Waals surface area contributed by atoms with Gasteiger partial charge in [0.2, 0.25) is 0 Å². The van der Waals surface area contributed by atoms with E-state index in [1.807, 2.05) is 0 Å². The van der Waals surface area contributed by atoms with Gasteiger partial charge in [0.1, 0.15) is 18.6 Å². The van der Waals surface area contributed by atoms with Gasteiger partial charge in [-0.2, -0.15) is 0 Å². The summed E-state index contributed by atoms with van der Waals surface area (Å²) in [5.74, 6) is -0.315. The van der Waals surface area contributed by atoms with Gasteiger partial charge in [-0.3, -0.25) is 14.4 Å². The fourth-order valence-corrected chi connectivity index (χ4v) is 1.66. The minimum absolute atomic E-state index is 0.0356. The van der Waals surface area contributed by atoms with Crippen LogP contribution in [0.25, 0.3) is 0 Å². The van der Waals surface area contributed by atoms with Gasteiger partial charge < -0.3 is 9.47 Å². The molecule has 0 aromatic heterocycles. The van der Waals surface area contributed by atoms with Crippen LogP contribution in [0.3, 0.4) is 0 Å². The zero-order chi connectivity index (χ0) is 15.0. The zero-order valence-corrected chi connectivity index (χ0v) is 11.8. The van der Waals surface area contributed by atoms with Crippen LogP contribution in [-0.4, -0.2) is 31.3 Å². The number of hydrogen-bond acceptors (Lipinski definition) is 5. The van der Waals surface area contributed by atoms with Crippen molar-refractivity contribution in [2.24, 2.45) is 0 Å². The maximum atomic E-state index is 11.5. The average molecular weight is 299 g/mol. The number of hydrogen-bond donors (Lipinski definition) is 0. The summed E-state index contributed by atoms with van der Waals surface area (Å²) in [4.78, 5) is 33.1. The summed E-state index contributed by atoms with van der Waals surface area (Å²) < 4.78 is 9.95. The SMILES string of the molecule is CCOC(=O)CCC(=O)COc1ccc(C=O)cc1Cl. The van der Waals surface area contributed by atoms with Crippen molar-refractivity contribution in [3.05, 3.63) is 28.8 Å². The quantitative estimate of drug-likeness (QED) is 0.544. The lowest BCUT2D eigenvalue weighted by Crippen LogP contribution is -2.14. The summed E-state index contributed by atoms with van der Waals surface area (Å²) in [6, 6.07) is 4.51. The third-order valence-corrected chi connectivity index (χ3v) is 2.69. The highest BCUT2D eigenvalue weighted by molar-refractivity contribution is 6.32. The summed E-state index contributed by atoms with van der Waals surface area (Å²) in [6.07, 6.45) is 0.761. The Labute approximate surface area is 121 Å². The smallest absolute Gasteiger partial charge is 0.306 e. The van der Waals surface area contributed by atoms with Crippen LogP contribution in [-0.2, 0) is 14.3 Å². The molecular formula is C14H15ClO5. The monoisotopic (exact) mass is 298 g/mol. The molecule has 0 saturated heterocycles. The summed E-state index contributed by atoms with van der Waals surface area (Å²) in [6.45, 7) is 1.82. The maximum absolute atomic E-state index is 11.5. The second-order valence-electron chi connectivity index (χ2n) is 3.94. The highest BCUT2D eigenvalue weighted by Crippen LogP contribution is 2.24. The van der Waals surface area contributed by atoms with Crippen molar-refractivity contribution in [1.29, 1.82) is 0 Å². The Balaban J connectivity index is 2.41. The van der Waals surface area contributed by atoms with E-state index in [2.05, 4.69) is 0 Å². The highest BCUT2D eigenvalue weighted by Gasteiger charge is 2.10. The van der Waals surface area contributed by atoms with Crippen molar-refractivity contribution in [3.63, 3.8) is 0 Å². The summed E-state index contributed by atoms with van der Waals surface area (Å²) in [5.41, 5.74) is 0.427. The molecule has 0 aliphatic rings. The second kappa shape index (κ2) is 8.32. The van der Waals surface area contributed by atoms with Crippen LogP contribution in [0.1, 0.15) is 30.1 Å². The first-order valence-corrected chi connectivity index (χ1v) is 6.49. The summed E-state index contributed by atoms with van der Waals surface area (Å²) in [7, 11) is 0. The van der Waals surface area contributed by atoms with Gasteiger partial charge in [0.25, 0.3) is 0 Å². The van der Waals surface area contributed by atoms with Gasteiger partial charge >= 0.3 is 5.97 Å². The van der Waals surface area contributed by atoms with Crippen LogP contribution in [0, 0.1) is 0 Å². The third-order valence-electron chi connectivity index (χ3n) is 2.39. The number of aldehydes is 1. The molecule has 0 bridgehead atoms. The van der Waals surface area contributed by atoms with E-state index in [4.69, 9.17) is 21.1 Å². The first-order valence-electron chi connectivity index (χ1n) is 6.11. The van der Waals surface area contributed by atoms with Gasteiger partial charge in [0.15, 0.2) is 5.78 Å². The van der Waals surface area contributed by atoms with Crippen LogP contribution in [0.4, 0.5) is 0 Å². The van der Waals surface area contributed by atoms with E-state index in [0.29, 0.717) is 24.2 Å². The van der Waals surface area contributed by atoms with Crippen molar-refractivity contribution in [2.75, 3.05) is 13.2 Å². The van der Waals surface area contributed by atoms with Gasteiger partial charge in [-0.25, -0.2) is 0 Å². The van der Waals surface area contributed by atoms with Gasteiger partial charge in [0.05, 0.1) is 18.1 Å². The van der Waals surface area contributed by atoms with Crippen molar-refractivity contribution >= 4 is 29.6 Å². The average Bonchev–Trinajstić information content (AvgIpc) is 2.44. The molecule has 20 heavy (non-hydrogen) atoms. The lowest BCUT2D eigenvalue weighted by molar-refractivity contribution is -0.144. The topological polar surface area (TPSA) is 69.7 Å². The molecule has 0 unspecified atom stereocenters. The van der Waals surface area contributed by atoms with E-state index in [0.717, 1.165) is 0 Å². The molecule has 0 N–H and O–H groups in total. The van der Waals surface area contributed by atoms with E-state index in [9.17, 15) is 14.4 Å². The van der Waals surface area contributed by atoms with Crippen LogP contribution < -0.4 is 4.74 Å². The molecule has 0 aliphatic heterocycles. The molecule has 1 rings (SSSR count). The highest BCUT2D eigenvalue weighted by atomic mass is 35.5. The molecule has 0 atom stereocenters. The molecule has 0 amide bonds. The fraction of sp³-hybridized carbons (Fsp3) is 0.357. The number of carbonyl (C=O) groups is 3. The summed E-state index contributed by atoms with van der Waals surface area (Å²) >= 11 is 5.89. The fourth-order valence-electron chi connectivity index (χ4n) is 1.41. The molecule has 1 aromatic rings. The van der Waals surface area contributed by atoms with Gasteiger partial charge in [-0.1, -0.05) is 11.6 Å². The lowest BCUT2D eigenvalue weighted by Gasteiger charge is -2.07. The van der Waals surface area contributed by atoms with E-state index in [1.165, 1.54) is 18.2 Å². The Morgan fingerprint density at radius 3 is 2.65 bits per heavy atom. The van der Waals surface area contributed by atoms with E-state index in [1.54, 1.807) is 6.92 Å². The Kier molecular flexibility index (Phi) is 6.73. The van der Waals surface area contributed by atoms with Crippen LogP contribution in [0.2, 0.25) is 5.02 Å². The van der Waals surface area contributed by atoms with Crippen molar-refractivity contribution in [1.82, 2.24) is 0 Å². The molecule has 0 fully saturated rings. The molecule has 0 aliphatic carbocycles. The maximum Gasteiger partial charge on any atom is 0.306 e. The molecule has 5 nitrogen and oxygen atoms in total. The Morgan fingerprint density at radius 2 is 2.05 bits per heavy atom. The van der Waals surface area contributed by atoms with Crippen LogP contribution in [0.5, 0.6) is 5.75 Å². The van der Waals surface area contributed by atoms with Crippen molar-refractivity contribution < 1.29 is 23.9 Å². The normalized spacial score (nSPS) is 9.90. The number of Topliss-reactive ketones (excluding diaryl/α,β-unsaturated/α-hetero) is 1. The predicted molar refractivity (Wildman–Crippen MR) is 73.2 cm³/mol. The number of ketones is 1. The van der Waals surface area contributed by atoms with E-state index < -0.39 is 5.97 Å². The summed E-state index contributed by atoms with van der Waals surface area (Å²) in [5, 5.41) is 0.257. The first kappa shape index (κ1) is 16.2. The van der Waals surface area contributed by atoms with Crippen LogP contribution >= 0.6 is 11.6 Å². The Bertz CT molecular complexity index is 498. The number of benzene rings is 1. The molecule has 0 radical (unpaired) electrons. The van der Waals surface area contributed by atoms with Crippen LogP contribution in [0.15, 0.2) is 18.2 Å². The largest absolute Gasteiger partial charge is 0.484 e. The number of esters is 1. The molecule has 0 saturated carbocycles. The standard InChI is InChI=1S/C14H15ClO5/c1-2-19-14(18)6-4-11(17)9-20-13-5-3-10(8-16)7-12(13)15/h3,5,7-8H,2,4,6,9H2,1H3. The minimum Gasteiger partial charge on any atom is -0.484 e. The number of halogens is 1. The second-order valence-corrected chi connectivity index (χ2v) is 4.35. The molecule has 1 aromatic carbocycles.